The number of guanidine groups is 1. The Kier molecular flexibility index (Phi) is 15.6. The van der Waals surface area contributed by atoms with Gasteiger partial charge in [-0.15, -0.1) is 11.3 Å². The van der Waals surface area contributed by atoms with Crippen molar-refractivity contribution in [2.75, 3.05) is 13.7 Å². The van der Waals surface area contributed by atoms with E-state index in [1.54, 1.807) is 86.8 Å². The molecule has 0 saturated heterocycles. The Morgan fingerprint density at radius 1 is 0.949 bits per heavy atom. The molecule has 0 spiro atoms. The lowest BCUT2D eigenvalue weighted by Crippen LogP contribution is -2.56. The quantitative estimate of drug-likeness (QED) is 0.0404. The highest BCUT2D eigenvalue weighted by molar-refractivity contribution is 7.90. The van der Waals surface area contributed by atoms with E-state index in [-0.39, 0.29) is 48.3 Å². The van der Waals surface area contributed by atoms with Crippen LogP contribution in [0.15, 0.2) is 88.2 Å². The second kappa shape index (κ2) is 20.4. The number of nitrogens with two attached hydrogens (primary N) is 1. The van der Waals surface area contributed by atoms with Crippen LogP contribution in [0.3, 0.4) is 0 Å². The highest BCUT2D eigenvalue weighted by Gasteiger charge is 2.35. The third-order valence-electron chi connectivity index (χ3n) is 10.1. The van der Waals surface area contributed by atoms with E-state index in [1.165, 1.54) is 24.6 Å². The molecule has 2 amide bonds. The molecule has 0 radical (unpaired) electrons. The SMILES string of the molecule is COc1cc(C)c(S(=O)(=O)NC(N)=NCCC[C@H](NC(=O)[C@H](CC2CC2)NC(=O)[C@@H](Cc2ccccc2)NS(=O)(=O)Cc2ccccc2)C(O)c2nccs2)c(C)c1C. The normalized spacial score (nSPS) is 15.4. The van der Waals surface area contributed by atoms with Crippen molar-refractivity contribution in [1.29, 1.82) is 0 Å². The summed E-state index contributed by atoms with van der Waals surface area (Å²) >= 11 is 1.21. The number of aromatic nitrogens is 1. The molecule has 0 bridgehead atoms. The van der Waals surface area contributed by atoms with Gasteiger partial charge in [-0.05, 0) is 86.3 Å². The van der Waals surface area contributed by atoms with Crippen molar-refractivity contribution < 1.29 is 36.3 Å². The van der Waals surface area contributed by atoms with Crippen LogP contribution in [0, 0.1) is 26.7 Å². The summed E-state index contributed by atoms with van der Waals surface area (Å²) in [5, 5.41) is 19.2. The van der Waals surface area contributed by atoms with Crippen LogP contribution in [0.25, 0.3) is 0 Å². The Hall–Kier alpha value is -4.88. The van der Waals surface area contributed by atoms with Crippen LogP contribution >= 0.6 is 11.3 Å². The van der Waals surface area contributed by atoms with E-state index >= 15 is 0 Å². The van der Waals surface area contributed by atoms with Crippen molar-refractivity contribution in [2.45, 2.75) is 94.2 Å². The summed E-state index contributed by atoms with van der Waals surface area (Å²) in [5.74, 6) is -1.12. The molecule has 0 aliphatic heterocycles. The topological polar surface area (TPSA) is 231 Å². The number of hydrogen-bond donors (Lipinski definition) is 6. The van der Waals surface area contributed by atoms with Crippen molar-refractivity contribution in [1.82, 2.24) is 25.1 Å². The highest BCUT2D eigenvalue weighted by atomic mass is 32.2. The molecule has 5 rings (SSSR count). The van der Waals surface area contributed by atoms with E-state index in [0.717, 1.165) is 18.4 Å². The Morgan fingerprint density at radius 2 is 1.59 bits per heavy atom. The molecule has 1 heterocycles. The molecule has 59 heavy (non-hydrogen) atoms. The van der Waals surface area contributed by atoms with Gasteiger partial charge in [-0.25, -0.2) is 31.3 Å². The third-order valence-corrected chi connectivity index (χ3v) is 13.9. The van der Waals surface area contributed by atoms with Gasteiger partial charge in [0.25, 0.3) is 10.0 Å². The fourth-order valence-electron chi connectivity index (χ4n) is 6.80. The number of aliphatic imine (C=N–C) groups is 1. The molecule has 15 nitrogen and oxygen atoms in total. The molecule has 1 aliphatic rings. The Morgan fingerprint density at radius 3 is 2.20 bits per heavy atom. The van der Waals surface area contributed by atoms with Gasteiger partial charge in [-0.2, -0.15) is 0 Å². The highest BCUT2D eigenvalue weighted by Crippen LogP contribution is 2.34. The molecular weight excluding hydrogens is 815 g/mol. The zero-order valence-corrected chi connectivity index (χ0v) is 36.0. The number of rotatable bonds is 21. The number of aryl methyl sites for hydroxylation is 1. The van der Waals surface area contributed by atoms with Gasteiger partial charge in [0.2, 0.25) is 27.8 Å². The van der Waals surface area contributed by atoms with E-state index < -0.39 is 56.1 Å². The van der Waals surface area contributed by atoms with E-state index in [9.17, 15) is 31.5 Å². The fourth-order valence-corrected chi connectivity index (χ4v) is 10.3. The number of amides is 2. The smallest absolute Gasteiger partial charge is 0.264 e. The number of nitrogens with zero attached hydrogens (tertiary/aromatic N) is 2. The number of carbonyl (C=O) groups excluding carboxylic acids is 2. The van der Waals surface area contributed by atoms with Crippen LogP contribution in [-0.4, -0.2) is 76.5 Å². The minimum absolute atomic E-state index is 0.0443. The summed E-state index contributed by atoms with van der Waals surface area (Å²) < 4.78 is 63.7. The van der Waals surface area contributed by atoms with Crippen molar-refractivity contribution >= 4 is 49.2 Å². The number of hydrogen-bond acceptors (Lipinski definition) is 11. The maximum Gasteiger partial charge on any atom is 0.264 e. The lowest BCUT2D eigenvalue weighted by Gasteiger charge is -2.27. The second-order valence-corrected chi connectivity index (χ2v) is 19.1. The average Bonchev–Trinajstić information content (AvgIpc) is 3.84. The van der Waals surface area contributed by atoms with Gasteiger partial charge in [-0.3, -0.25) is 14.6 Å². The van der Waals surface area contributed by atoms with Crippen molar-refractivity contribution in [3.63, 3.8) is 0 Å². The number of ether oxygens (including phenoxy) is 1. The van der Waals surface area contributed by atoms with Gasteiger partial charge in [-0.1, -0.05) is 73.5 Å². The molecule has 1 unspecified atom stereocenters. The van der Waals surface area contributed by atoms with E-state index in [1.807, 2.05) is 6.07 Å². The summed E-state index contributed by atoms with van der Waals surface area (Å²) in [5.41, 5.74) is 8.99. The summed E-state index contributed by atoms with van der Waals surface area (Å²) in [6.07, 6.45) is 2.90. The molecule has 1 fully saturated rings. The maximum atomic E-state index is 14.1. The van der Waals surface area contributed by atoms with Gasteiger partial charge < -0.3 is 26.2 Å². The first-order valence-corrected chi connectivity index (χ1v) is 23.3. The number of methoxy groups -OCH3 is 1. The Labute approximate surface area is 350 Å². The molecule has 7 N–H and O–H groups in total. The van der Waals surface area contributed by atoms with Crippen LogP contribution in [0.5, 0.6) is 5.75 Å². The van der Waals surface area contributed by atoms with Gasteiger partial charge in [0.1, 0.15) is 28.9 Å². The zero-order valence-electron chi connectivity index (χ0n) is 33.6. The number of carbonyl (C=O) groups is 2. The number of sulfonamides is 2. The number of aliphatic hydroxyl groups is 1. The van der Waals surface area contributed by atoms with E-state index in [4.69, 9.17) is 10.5 Å². The summed E-state index contributed by atoms with van der Waals surface area (Å²) in [6, 6.07) is 16.1. The number of nitrogens with one attached hydrogen (secondary N) is 4. The first-order chi connectivity index (χ1) is 28.1. The van der Waals surface area contributed by atoms with E-state index in [0.29, 0.717) is 39.4 Å². The van der Waals surface area contributed by atoms with Crippen molar-refractivity contribution in [2.24, 2.45) is 16.6 Å². The summed E-state index contributed by atoms with van der Waals surface area (Å²) in [6.45, 7) is 5.17. The molecule has 18 heteroatoms. The second-order valence-electron chi connectivity index (χ2n) is 14.8. The predicted octanol–water partition coefficient (Wildman–Crippen LogP) is 3.68. The lowest BCUT2D eigenvalue weighted by molar-refractivity contribution is -0.131. The van der Waals surface area contributed by atoms with Crippen molar-refractivity contribution in [3.05, 3.63) is 111 Å². The fraction of sp³-hybridized carbons (Fsp3) is 0.415. The molecule has 318 valence electrons. The molecule has 1 saturated carbocycles. The van der Waals surface area contributed by atoms with Gasteiger partial charge in [0.15, 0.2) is 0 Å². The van der Waals surface area contributed by atoms with E-state index in [2.05, 4.69) is 30.1 Å². The minimum atomic E-state index is -4.09. The Bertz CT molecular complexity index is 2290. The molecular formula is C41H53N7O8S3. The molecule has 1 aliphatic carbocycles. The summed E-state index contributed by atoms with van der Waals surface area (Å²) in [7, 11) is -6.56. The molecule has 4 aromatic rings. The number of benzene rings is 3. The minimum Gasteiger partial charge on any atom is -0.496 e. The van der Waals surface area contributed by atoms with Gasteiger partial charge >= 0.3 is 0 Å². The van der Waals surface area contributed by atoms with Crippen LogP contribution in [0.2, 0.25) is 0 Å². The average molecular weight is 868 g/mol. The largest absolute Gasteiger partial charge is 0.496 e. The van der Waals surface area contributed by atoms with Crippen LogP contribution in [0.4, 0.5) is 0 Å². The monoisotopic (exact) mass is 867 g/mol. The van der Waals surface area contributed by atoms with Crippen LogP contribution in [-0.2, 0) is 41.8 Å². The predicted molar refractivity (Wildman–Crippen MR) is 228 cm³/mol. The van der Waals surface area contributed by atoms with Crippen LogP contribution in [0.1, 0.15) is 71.0 Å². The lowest BCUT2D eigenvalue weighted by atomic mass is 10.0. The first kappa shape index (κ1) is 45.2. The molecule has 1 aromatic heterocycles. The number of aliphatic hydroxyl groups excluding tert-OH is 1. The summed E-state index contributed by atoms with van der Waals surface area (Å²) in [4.78, 5) is 36.6. The molecule has 4 atom stereocenters. The van der Waals surface area contributed by atoms with Crippen LogP contribution < -0.4 is 30.5 Å². The Balaban J connectivity index is 1.28. The van der Waals surface area contributed by atoms with Crippen molar-refractivity contribution in [3.8, 4) is 5.75 Å². The maximum absolute atomic E-state index is 14.1. The van der Waals surface area contributed by atoms with Gasteiger partial charge in [0.05, 0.1) is 23.8 Å². The first-order valence-electron chi connectivity index (χ1n) is 19.3. The van der Waals surface area contributed by atoms with Gasteiger partial charge in [0, 0.05) is 18.1 Å². The molecule has 3 aromatic carbocycles. The standard InChI is InChI=1S/C41H53N7O8S3/c1-26-22-35(56-4)27(2)28(3)37(26)59(54,55)48-41(42)44-19-11-16-32(36(49)40-43-20-21-57-40)45-38(50)33(23-30-17-18-30)46-39(51)34(24-29-12-7-5-8-13-29)47-58(52,53)25-31-14-9-6-10-15-31/h5-10,12-15,20-22,30,32-34,36,47,49H,11,16-19,23-25H2,1-4H3,(H,45,50)(H,46,51)(H3,42,44,48)/t32-,33-,34+,36?/m0/s1. The number of thiazole rings is 1. The zero-order chi connectivity index (χ0) is 42.7. The third kappa shape index (κ3) is 13.1.